The number of nitrogens with zero attached hydrogens (tertiary/aromatic N) is 4. The third kappa shape index (κ3) is 26.9. The van der Waals surface area contributed by atoms with Gasteiger partial charge in [-0.3, -0.25) is 39.9 Å². The average Bonchev–Trinajstić information content (AvgIpc) is 4.16. The van der Waals surface area contributed by atoms with Crippen molar-refractivity contribution < 1.29 is 49.5 Å². The zero-order valence-corrected chi connectivity index (χ0v) is 47.5. The highest BCUT2D eigenvalue weighted by Crippen LogP contribution is 2.25. The van der Waals surface area contributed by atoms with Crippen LogP contribution in [0.25, 0.3) is 0 Å². The molecule has 424 valence electrons. The number of hydrogen-bond acceptors (Lipinski definition) is 15. The number of aryl methyl sites for hydroxylation is 8. The number of nitrogen functional groups attached to an aromatic ring is 1. The minimum atomic E-state index is -0.474. The molecule has 1 fully saturated rings. The fraction of sp³-hybridized carbons (Fsp3) is 0.345. The minimum absolute atomic E-state index is 0.0182. The Morgan fingerprint density at radius 2 is 0.910 bits per heavy atom. The molecule has 0 aliphatic carbocycles. The Hall–Kier alpha value is -7.65. The molecule has 7 rings (SSSR count). The number of anilines is 3. The van der Waals surface area contributed by atoms with E-state index in [1.54, 1.807) is 55.1 Å². The first-order chi connectivity index (χ1) is 36.9. The normalized spacial score (nSPS) is 10.4. The van der Waals surface area contributed by atoms with Gasteiger partial charge in [0.1, 0.15) is 13.3 Å². The molecular formula is C58H77ClN6O13. The summed E-state index contributed by atoms with van der Waals surface area (Å²) in [5.41, 5.74) is 19.9. The molecule has 0 bridgehead atoms. The van der Waals surface area contributed by atoms with E-state index in [2.05, 4.69) is 5.32 Å². The van der Waals surface area contributed by atoms with Gasteiger partial charge in [0, 0.05) is 66.5 Å². The number of aliphatic hydroxyl groups is 4. The van der Waals surface area contributed by atoms with Crippen LogP contribution in [0.1, 0.15) is 101 Å². The zero-order chi connectivity index (χ0) is 59.7. The first kappa shape index (κ1) is 70.3. The lowest BCUT2D eigenvalue weighted by Crippen LogP contribution is -2.06. The molecule has 1 aliphatic heterocycles. The Morgan fingerprint density at radius 3 is 1.27 bits per heavy atom. The number of non-ortho nitro benzene ring substituents is 3. The van der Waals surface area contributed by atoms with Crippen LogP contribution in [-0.2, 0) is 40.8 Å². The van der Waals surface area contributed by atoms with Crippen LogP contribution < -0.4 is 16.0 Å². The number of carbonyl (C=O) groups excluding carboxylic acids is 2. The van der Waals surface area contributed by atoms with Gasteiger partial charge >= 0.3 is 0 Å². The van der Waals surface area contributed by atoms with E-state index in [0.29, 0.717) is 37.6 Å². The van der Waals surface area contributed by atoms with Gasteiger partial charge in [-0.2, -0.15) is 0 Å². The van der Waals surface area contributed by atoms with Gasteiger partial charge < -0.3 is 41.1 Å². The number of benzene rings is 6. The lowest BCUT2D eigenvalue weighted by atomic mass is 10.1. The van der Waals surface area contributed by atoms with Gasteiger partial charge in [-0.05, 0) is 177 Å². The van der Waals surface area contributed by atoms with Gasteiger partial charge in [0.15, 0.2) is 0 Å². The number of rotatable bonds is 13. The van der Waals surface area contributed by atoms with Crippen molar-refractivity contribution >= 4 is 56.9 Å². The molecule has 20 heteroatoms. The molecule has 0 spiro atoms. The number of carbonyl (C=O) groups is 2. The SMILES string of the molecule is CC.CCC(=O)Cl.CCOCNc1ccc(C)c(CO)c1.Cc1ccc(N)cc1CO.Cc1ccc(N2CC2=O)cc1CO.Cc1ccc([N+](=O)[O-])cc1C.Cc1ccc([N+](=O)[O-])cc1C.Cc1ccc([N+](=O)[O-])cc1CO. The number of halogens is 1. The van der Waals surface area contributed by atoms with Crippen LogP contribution in [0.4, 0.5) is 34.1 Å². The van der Waals surface area contributed by atoms with Crippen molar-refractivity contribution in [3.05, 3.63) is 206 Å². The summed E-state index contributed by atoms with van der Waals surface area (Å²) in [7, 11) is 0. The van der Waals surface area contributed by atoms with Gasteiger partial charge in [0.05, 0.1) is 41.2 Å². The van der Waals surface area contributed by atoms with Gasteiger partial charge in [-0.15, -0.1) is 0 Å². The summed E-state index contributed by atoms with van der Waals surface area (Å²) in [4.78, 5) is 51.7. The van der Waals surface area contributed by atoms with Crippen LogP contribution in [0.15, 0.2) is 109 Å². The van der Waals surface area contributed by atoms with E-state index in [0.717, 1.165) is 72.6 Å². The van der Waals surface area contributed by atoms with E-state index in [1.807, 2.05) is 118 Å². The molecule has 0 saturated carbocycles. The highest BCUT2D eigenvalue weighted by atomic mass is 35.5. The van der Waals surface area contributed by atoms with E-state index in [9.17, 15) is 39.9 Å². The fourth-order valence-electron chi connectivity index (χ4n) is 6.00. The number of ether oxygens (including phenoxy) is 1. The van der Waals surface area contributed by atoms with Crippen LogP contribution in [-0.4, -0.2) is 66.2 Å². The summed E-state index contributed by atoms with van der Waals surface area (Å²) in [6.45, 7) is 24.7. The molecule has 0 atom stereocenters. The predicted octanol–water partition coefficient (Wildman–Crippen LogP) is 11.8. The number of aliphatic hydroxyl groups excluding tert-OH is 4. The fourth-order valence-corrected chi connectivity index (χ4v) is 6.00. The van der Waals surface area contributed by atoms with Crippen molar-refractivity contribution in [3.8, 4) is 0 Å². The predicted molar refractivity (Wildman–Crippen MR) is 310 cm³/mol. The highest BCUT2D eigenvalue weighted by Gasteiger charge is 2.31. The molecule has 6 aromatic rings. The summed E-state index contributed by atoms with van der Waals surface area (Å²) in [5, 5.41) is 69.3. The molecule has 19 nitrogen and oxygen atoms in total. The van der Waals surface area contributed by atoms with Crippen molar-refractivity contribution in [2.24, 2.45) is 0 Å². The maximum atomic E-state index is 10.8. The molecular weight excluding hydrogens is 1020 g/mol. The summed E-state index contributed by atoms with van der Waals surface area (Å²) < 4.78 is 5.17. The van der Waals surface area contributed by atoms with Crippen molar-refractivity contribution in [1.82, 2.24) is 0 Å². The lowest BCUT2D eigenvalue weighted by molar-refractivity contribution is -0.385. The third-order valence-corrected chi connectivity index (χ3v) is 11.6. The van der Waals surface area contributed by atoms with E-state index in [1.165, 1.54) is 24.3 Å². The van der Waals surface area contributed by atoms with Crippen LogP contribution in [0.2, 0.25) is 0 Å². The molecule has 7 N–H and O–H groups in total. The molecule has 6 aromatic carbocycles. The lowest BCUT2D eigenvalue weighted by Gasteiger charge is -2.09. The number of nitro benzene ring substituents is 3. The largest absolute Gasteiger partial charge is 0.399 e. The van der Waals surface area contributed by atoms with E-state index in [-0.39, 0.29) is 64.5 Å². The van der Waals surface area contributed by atoms with Gasteiger partial charge in [0.25, 0.3) is 17.1 Å². The number of nitrogens with two attached hydrogens (primary N) is 1. The second-order valence-electron chi connectivity index (χ2n) is 17.0. The maximum Gasteiger partial charge on any atom is 0.269 e. The Kier molecular flexibility index (Phi) is 34.3. The van der Waals surface area contributed by atoms with Crippen molar-refractivity contribution in [1.29, 1.82) is 0 Å². The second-order valence-corrected chi connectivity index (χ2v) is 17.4. The molecule has 1 saturated heterocycles. The number of amides is 1. The average molecular weight is 1100 g/mol. The minimum Gasteiger partial charge on any atom is -0.399 e. The first-order valence-electron chi connectivity index (χ1n) is 24.8. The van der Waals surface area contributed by atoms with Gasteiger partial charge in [0.2, 0.25) is 11.1 Å². The topological polar surface area (TPSA) is 295 Å². The summed E-state index contributed by atoms with van der Waals surface area (Å²) >= 11 is 4.82. The number of nitro groups is 3. The van der Waals surface area contributed by atoms with Crippen LogP contribution >= 0.6 is 11.6 Å². The number of nitrogens with one attached hydrogen (secondary N) is 1. The molecule has 0 aromatic heterocycles. The Bertz CT molecular complexity index is 2800. The highest BCUT2D eigenvalue weighted by molar-refractivity contribution is 6.63. The van der Waals surface area contributed by atoms with E-state index in [4.69, 9.17) is 42.5 Å². The Balaban J connectivity index is 0.000000893. The van der Waals surface area contributed by atoms with Crippen LogP contribution in [0.5, 0.6) is 0 Å². The van der Waals surface area contributed by atoms with Crippen molar-refractivity contribution in [2.45, 2.75) is 116 Å². The molecule has 1 heterocycles. The second kappa shape index (κ2) is 38.0. The van der Waals surface area contributed by atoms with Crippen LogP contribution in [0.3, 0.4) is 0 Å². The Morgan fingerprint density at radius 1 is 0.564 bits per heavy atom. The monoisotopic (exact) mass is 1100 g/mol. The van der Waals surface area contributed by atoms with E-state index >= 15 is 0 Å². The molecule has 0 radical (unpaired) electrons. The van der Waals surface area contributed by atoms with Crippen molar-refractivity contribution in [3.63, 3.8) is 0 Å². The summed E-state index contributed by atoms with van der Waals surface area (Å²) in [6.07, 6.45) is 0.432. The third-order valence-electron chi connectivity index (χ3n) is 11.3. The molecule has 1 amide bonds. The van der Waals surface area contributed by atoms with Crippen molar-refractivity contribution in [2.75, 3.05) is 35.8 Å². The summed E-state index contributed by atoms with van der Waals surface area (Å²) in [5.74, 6) is 0.146. The van der Waals surface area contributed by atoms with E-state index < -0.39 is 4.92 Å². The van der Waals surface area contributed by atoms with Gasteiger partial charge in [-0.25, -0.2) is 0 Å². The first-order valence-corrected chi connectivity index (χ1v) is 25.2. The quantitative estimate of drug-likeness (QED) is 0.0119. The zero-order valence-electron chi connectivity index (χ0n) is 46.8. The standard InChI is InChI=1S/C11H17NO2.C10H11NO2.C8H9NO3.2C8H9NO2.C8H11NO.C3H5ClO.C2H6/c1-3-14-8-12-11-5-4-9(2)10(6-11)7-13;1-7-2-3-9(4-8(7)6-12)11-5-10(11)13;1-6-2-3-8(9(11)12)4-7(6)5-10;2*1-6-3-4-8(9(10)11)5-7(6)2;1-6-2-3-8(9)4-7(6)5-10;1-2-3(4)5;1-2/h4-6,12-13H,3,7-8H2,1-2H3;2-4,12H,5-6H2,1H3;2-4,10H,5H2,1H3;2*3-5H,1-2H3;2-4,10H,5,9H2,1H3;2H2,1H3;1-2H3. The van der Waals surface area contributed by atoms with Gasteiger partial charge in [-0.1, -0.05) is 57.2 Å². The molecule has 78 heavy (non-hydrogen) atoms. The van der Waals surface area contributed by atoms with Crippen LogP contribution in [0, 0.1) is 85.7 Å². The Labute approximate surface area is 462 Å². The molecule has 0 unspecified atom stereocenters. The maximum absolute atomic E-state index is 10.8. The summed E-state index contributed by atoms with van der Waals surface area (Å²) in [6, 6.07) is 31.3. The number of hydrogen-bond donors (Lipinski definition) is 6. The smallest absolute Gasteiger partial charge is 0.269 e. The molecule has 1 aliphatic rings.